The van der Waals surface area contributed by atoms with Crippen LogP contribution in [0.2, 0.25) is 0 Å². The molecule has 0 amide bonds. The zero-order valence-electron chi connectivity index (χ0n) is 14.8. The van der Waals surface area contributed by atoms with Gasteiger partial charge in [0.2, 0.25) is 0 Å². The lowest BCUT2D eigenvalue weighted by Crippen LogP contribution is -2.22. The quantitative estimate of drug-likeness (QED) is 0.668. The number of hydrogen-bond donors (Lipinski definition) is 2. The van der Waals surface area contributed by atoms with Gasteiger partial charge in [0, 0.05) is 43.5 Å². The van der Waals surface area contributed by atoms with Crippen LogP contribution in [-0.2, 0) is 4.74 Å². The predicted molar refractivity (Wildman–Crippen MR) is 104 cm³/mol. The molecule has 0 spiro atoms. The summed E-state index contributed by atoms with van der Waals surface area (Å²) in [6, 6.07) is 13.9. The van der Waals surface area contributed by atoms with Gasteiger partial charge in [0.05, 0.1) is 17.9 Å². The third-order valence-corrected chi connectivity index (χ3v) is 4.29. The summed E-state index contributed by atoms with van der Waals surface area (Å²) in [5.74, 6) is 0.137. The highest BCUT2D eigenvalue weighted by Gasteiger charge is 2.08. The van der Waals surface area contributed by atoms with E-state index >= 15 is 0 Å². The molecule has 1 heterocycles. The number of ether oxygens (including phenoxy) is 1. The fourth-order valence-corrected chi connectivity index (χ4v) is 2.92. The highest BCUT2D eigenvalue weighted by atomic mass is 16.5. The van der Waals surface area contributed by atoms with Gasteiger partial charge in [-0.3, -0.25) is 4.99 Å². The lowest BCUT2D eigenvalue weighted by Gasteiger charge is -2.21. The molecule has 0 unspecified atom stereocenters. The number of methoxy groups -OCH3 is 1. The Morgan fingerprint density at radius 2 is 2.04 bits per heavy atom. The van der Waals surface area contributed by atoms with Gasteiger partial charge in [-0.2, -0.15) is 0 Å². The average molecular weight is 337 g/mol. The van der Waals surface area contributed by atoms with Crippen molar-refractivity contribution < 1.29 is 9.84 Å². The number of nitrogens with zero attached hydrogens (tertiary/aromatic N) is 2. The molecule has 0 radical (unpaired) electrons. The molecule has 0 aliphatic carbocycles. The number of anilines is 1. The molecule has 0 saturated heterocycles. The summed E-state index contributed by atoms with van der Waals surface area (Å²) in [5.41, 5.74) is 4.76. The minimum Gasteiger partial charge on any atom is -0.494 e. The summed E-state index contributed by atoms with van der Waals surface area (Å²) in [7, 11) is 3.76. The Hall–Kier alpha value is -2.79. The van der Waals surface area contributed by atoms with E-state index in [0.717, 1.165) is 34.4 Å². The topological polar surface area (TPSA) is 60.9 Å². The van der Waals surface area contributed by atoms with Gasteiger partial charge in [-0.15, -0.1) is 0 Å². The second-order valence-electron chi connectivity index (χ2n) is 6.08. The van der Waals surface area contributed by atoms with Gasteiger partial charge in [-0.05, 0) is 36.8 Å². The Morgan fingerprint density at radius 3 is 2.80 bits per heavy atom. The molecule has 2 N–H and O–H groups in total. The molecule has 130 valence electrons. The number of benzene rings is 2. The summed E-state index contributed by atoms with van der Waals surface area (Å²) < 4.78 is 5.13. The number of rotatable bonds is 6. The highest BCUT2D eigenvalue weighted by molar-refractivity contribution is 6.02. The fraction of sp³-hybridized carbons (Fsp3) is 0.250. The molecule has 5 heteroatoms. The number of aliphatic imine (C=N–C) groups is 1. The Morgan fingerprint density at radius 1 is 1.24 bits per heavy atom. The maximum absolute atomic E-state index is 10.1. The second-order valence-corrected chi connectivity index (χ2v) is 6.08. The first-order valence-corrected chi connectivity index (χ1v) is 8.24. The maximum Gasteiger partial charge on any atom is 0.198 e. The smallest absolute Gasteiger partial charge is 0.198 e. The number of aromatic amines is 1. The largest absolute Gasteiger partial charge is 0.494 e. The third-order valence-electron chi connectivity index (χ3n) is 4.29. The lowest BCUT2D eigenvalue weighted by molar-refractivity contribution is 0.206. The molecule has 1 aromatic heterocycles. The van der Waals surface area contributed by atoms with Gasteiger partial charge in [-0.25, -0.2) is 0 Å². The fourth-order valence-electron chi connectivity index (χ4n) is 2.92. The van der Waals surface area contributed by atoms with Gasteiger partial charge < -0.3 is 19.7 Å². The summed E-state index contributed by atoms with van der Waals surface area (Å²) in [6.07, 6.45) is 1.71. The van der Waals surface area contributed by atoms with Crippen LogP contribution < -0.4 is 4.90 Å². The van der Waals surface area contributed by atoms with Crippen molar-refractivity contribution in [1.29, 1.82) is 0 Å². The van der Waals surface area contributed by atoms with E-state index in [9.17, 15) is 5.11 Å². The number of aromatic nitrogens is 1. The van der Waals surface area contributed by atoms with Crippen molar-refractivity contribution in [3.63, 3.8) is 0 Å². The molecule has 0 fully saturated rings. The van der Waals surface area contributed by atoms with Crippen LogP contribution in [0.3, 0.4) is 0 Å². The first-order valence-electron chi connectivity index (χ1n) is 8.24. The number of fused-ring (bicyclic) bond motifs is 1. The van der Waals surface area contributed by atoms with Crippen LogP contribution in [0.5, 0.6) is 5.88 Å². The summed E-state index contributed by atoms with van der Waals surface area (Å²) >= 11 is 0. The van der Waals surface area contributed by atoms with Crippen LogP contribution in [0, 0.1) is 6.92 Å². The SMILES string of the molecule is COCCN(C)c1ccc(N=Cc2c(O)[nH]c3ccccc23)cc1C. The second kappa shape index (κ2) is 7.40. The molecular weight excluding hydrogens is 314 g/mol. The highest BCUT2D eigenvalue weighted by Crippen LogP contribution is 2.27. The summed E-state index contributed by atoms with van der Waals surface area (Å²) in [5, 5.41) is 11.1. The molecule has 0 saturated carbocycles. The van der Waals surface area contributed by atoms with E-state index < -0.39 is 0 Å². The van der Waals surface area contributed by atoms with E-state index in [1.54, 1.807) is 13.3 Å². The number of aryl methyl sites for hydroxylation is 1. The van der Waals surface area contributed by atoms with Crippen molar-refractivity contribution >= 4 is 28.5 Å². The summed E-state index contributed by atoms with van der Waals surface area (Å²) in [6.45, 7) is 3.60. The molecule has 0 atom stereocenters. The van der Waals surface area contributed by atoms with E-state index in [4.69, 9.17) is 4.74 Å². The van der Waals surface area contributed by atoms with E-state index in [-0.39, 0.29) is 5.88 Å². The van der Waals surface area contributed by atoms with Crippen LogP contribution in [0.1, 0.15) is 11.1 Å². The number of likely N-dealkylation sites (N-methyl/N-ethyl adjacent to an activating group) is 1. The van der Waals surface area contributed by atoms with Crippen molar-refractivity contribution in [2.24, 2.45) is 4.99 Å². The van der Waals surface area contributed by atoms with E-state index in [2.05, 4.69) is 27.9 Å². The molecule has 0 aliphatic rings. The Bertz CT molecular complexity index is 899. The molecule has 3 aromatic rings. The minimum absolute atomic E-state index is 0.137. The molecule has 0 bridgehead atoms. The van der Waals surface area contributed by atoms with Crippen molar-refractivity contribution in [1.82, 2.24) is 4.98 Å². The summed E-state index contributed by atoms with van der Waals surface area (Å²) in [4.78, 5) is 9.66. The third kappa shape index (κ3) is 3.67. The van der Waals surface area contributed by atoms with Crippen molar-refractivity contribution in [3.8, 4) is 5.88 Å². The van der Waals surface area contributed by atoms with Gasteiger partial charge in [0.25, 0.3) is 0 Å². The number of hydrogen-bond acceptors (Lipinski definition) is 4. The van der Waals surface area contributed by atoms with E-state index in [1.807, 2.05) is 43.4 Å². The predicted octanol–water partition coefficient (Wildman–Crippen LogP) is 4.02. The average Bonchev–Trinajstić information content (AvgIpc) is 2.93. The van der Waals surface area contributed by atoms with Gasteiger partial charge in [0.1, 0.15) is 0 Å². The molecular formula is C20H23N3O2. The molecule has 0 aliphatic heterocycles. The first kappa shape index (κ1) is 17.0. The van der Waals surface area contributed by atoms with Crippen LogP contribution in [0.4, 0.5) is 11.4 Å². The first-order chi connectivity index (χ1) is 12.1. The van der Waals surface area contributed by atoms with Crippen LogP contribution in [0.25, 0.3) is 10.9 Å². The monoisotopic (exact) mass is 337 g/mol. The van der Waals surface area contributed by atoms with Crippen molar-refractivity contribution in [3.05, 3.63) is 53.6 Å². The lowest BCUT2D eigenvalue weighted by atomic mass is 10.1. The van der Waals surface area contributed by atoms with Gasteiger partial charge >= 0.3 is 0 Å². The van der Waals surface area contributed by atoms with Gasteiger partial charge in [0.15, 0.2) is 5.88 Å². The van der Waals surface area contributed by atoms with Crippen LogP contribution in [0.15, 0.2) is 47.5 Å². The zero-order chi connectivity index (χ0) is 17.8. The molecule has 25 heavy (non-hydrogen) atoms. The van der Waals surface area contributed by atoms with Crippen LogP contribution >= 0.6 is 0 Å². The van der Waals surface area contributed by atoms with Crippen molar-refractivity contribution in [2.75, 3.05) is 32.2 Å². The zero-order valence-corrected chi connectivity index (χ0v) is 14.8. The van der Waals surface area contributed by atoms with Crippen molar-refractivity contribution in [2.45, 2.75) is 6.92 Å². The van der Waals surface area contributed by atoms with Gasteiger partial charge in [-0.1, -0.05) is 18.2 Å². The maximum atomic E-state index is 10.1. The van der Waals surface area contributed by atoms with E-state index in [1.165, 1.54) is 0 Å². The molecule has 2 aromatic carbocycles. The normalized spacial score (nSPS) is 11.5. The molecule has 3 rings (SSSR count). The Labute approximate surface area is 147 Å². The molecule has 5 nitrogen and oxygen atoms in total. The number of nitrogens with one attached hydrogen (secondary N) is 1. The Balaban J connectivity index is 1.84. The van der Waals surface area contributed by atoms with Crippen LogP contribution in [-0.4, -0.2) is 43.6 Å². The minimum atomic E-state index is 0.137. The number of H-pyrrole nitrogens is 1. The number of para-hydroxylation sites is 1. The van der Waals surface area contributed by atoms with E-state index in [0.29, 0.717) is 12.2 Å². The standard InChI is InChI=1S/C20H23N3O2/c1-14-12-15(8-9-19(14)23(2)10-11-25-3)21-13-17-16-6-4-5-7-18(16)22-20(17)24/h4-9,12-13,22,24H,10-11H2,1-3H3. The number of aromatic hydroxyl groups is 1. The Kier molecular flexibility index (Phi) is 5.05.